The van der Waals surface area contributed by atoms with Crippen molar-refractivity contribution in [3.63, 3.8) is 0 Å². The van der Waals surface area contributed by atoms with Crippen LogP contribution in [0.25, 0.3) is 0 Å². The molecule has 2 fully saturated rings. The SMILES string of the molecule is CCOc1cc([C@H]2C3=CC[C@@H]4C(=O)N(CCCC(=O)O)C(=O)[C@@H]4[C@@H]3C[C@H]3C(=O)C(C)=C(C)C(=O)[C@@]23C)ccc1O. The van der Waals surface area contributed by atoms with E-state index in [0.717, 1.165) is 5.57 Å². The first-order chi connectivity index (χ1) is 18.9. The molecule has 9 nitrogen and oxygen atoms in total. The first-order valence-electron chi connectivity index (χ1n) is 13.9. The van der Waals surface area contributed by atoms with Gasteiger partial charge in [-0.1, -0.05) is 24.6 Å². The van der Waals surface area contributed by atoms with Gasteiger partial charge in [0.1, 0.15) is 0 Å². The number of hydrogen-bond acceptors (Lipinski definition) is 7. The van der Waals surface area contributed by atoms with Crippen LogP contribution in [0, 0.1) is 29.1 Å². The molecule has 2 N–H and O–H groups in total. The number of allylic oxidation sites excluding steroid dienone is 4. The summed E-state index contributed by atoms with van der Waals surface area (Å²) >= 11 is 0. The van der Waals surface area contributed by atoms with Crippen molar-refractivity contribution in [2.45, 2.75) is 59.3 Å². The largest absolute Gasteiger partial charge is 0.504 e. The number of rotatable bonds is 7. The van der Waals surface area contributed by atoms with Gasteiger partial charge < -0.3 is 14.9 Å². The average molecular weight is 550 g/mol. The van der Waals surface area contributed by atoms with Gasteiger partial charge in [0.2, 0.25) is 11.8 Å². The van der Waals surface area contributed by atoms with Crippen molar-refractivity contribution in [2.24, 2.45) is 29.1 Å². The third kappa shape index (κ3) is 4.00. The van der Waals surface area contributed by atoms with Crippen LogP contribution in [0.5, 0.6) is 11.5 Å². The third-order valence-electron chi connectivity index (χ3n) is 9.65. The molecule has 212 valence electrons. The summed E-state index contributed by atoms with van der Waals surface area (Å²) in [6.07, 6.45) is 2.58. The van der Waals surface area contributed by atoms with Gasteiger partial charge in [-0.15, -0.1) is 0 Å². The molecule has 0 bridgehead atoms. The van der Waals surface area contributed by atoms with Crippen molar-refractivity contribution < 1.29 is 38.9 Å². The molecular formula is C31H35NO8. The Kier molecular flexibility index (Phi) is 6.96. The molecule has 0 spiro atoms. The van der Waals surface area contributed by atoms with Crippen LogP contribution < -0.4 is 4.74 Å². The first kappa shape index (κ1) is 27.8. The number of Topliss-reactive ketones (excluding diaryl/α,β-unsaturated/α-hetero) is 2. The molecule has 2 amide bonds. The number of fused-ring (bicyclic) bond motifs is 4. The molecular weight excluding hydrogens is 514 g/mol. The molecule has 6 atom stereocenters. The van der Waals surface area contributed by atoms with Crippen molar-refractivity contribution in [2.75, 3.05) is 13.2 Å². The van der Waals surface area contributed by atoms with Crippen LogP contribution in [0.4, 0.5) is 0 Å². The normalized spacial score (nSPS) is 31.6. The quantitative estimate of drug-likeness (QED) is 0.387. The Morgan fingerprint density at radius 3 is 2.50 bits per heavy atom. The number of benzene rings is 1. The topological polar surface area (TPSA) is 138 Å². The van der Waals surface area contributed by atoms with Gasteiger partial charge in [0.25, 0.3) is 0 Å². The number of aliphatic carboxylic acids is 1. The zero-order valence-corrected chi connectivity index (χ0v) is 23.2. The fraction of sp³-hybridized carbons (Fsp3) is 0.516. The number of carbonyl (C=O) groups excluding carboxylic acids is 4. The van der Waals surface area contributed by atoms with Crippen molar-refractivity contribution in [1.82, 2.24) is 4.90 Å². The number of phenols is 1. The zero-order chi connectivity index (χ0) is 29.1. The standard InChI is InChI=1S/C31H35NO8/c1-5-40-23-13-17(8-11-22(23)33)26-18-9-10-19-25(30(39)32(29(19)38)12-6-7-24(34)35)20(18)14-21-27(36)15(2)16(3)28(37)31(21,26)4/h8-9,11,13,19-21,25-26,33H,5-7,10,12,14H2,1-4H3,(H,34,35)/t19-,20+,21-,25-,26-,31+/m0/s1. The number of amides is 2. The number of carboxylic acids is 1. The van der Waals surface area contributed by atoms with E-state index >= 15 is 0 Å². The minimum atomic E-state index is -1.12. The van der Waals surface area contributed by atoms with Crippen LogP contribution in [0.1, 0.15) is 64.9 Å². The third-order valence-corrected chi connectivity index (χ3v) is 9.65. The second-order valence-electron chi connectivity index (χ2n) is 11.6. The van der Waals surface area contributed by atoms with E-state index in [1.807, 2.05) is 13.0 Å². The van der Waals surface area contributed by atoms with E-state index in [1.54, 1.807) is 32.9 Å². The second kappa shape index (κ2) is 10.0. The van der Waals surface area contributed by atoms with E-state index < -0.39 is 41.0 Å². The highest BCUT2D eigenvalue weighted by atomic mass is 16.5. The number of aromatic hydroxyl groups is 1. The van der Waals surface area contributed by atoms with Crippen LogP contribution in [0.15, 0.2) is 41.0 Å². The minimum absolute atomic E-state index is 0.0381. The van der Waals surface area contributed by atoms with E-state index in [2.05, 4.69) is 0 Å². The van der Waals surface area contributed by atoms with Crippen LogP contribution >= 0.6 is 0 Å². The number of imide groups is 1. The Morgan fingerprint density at radius 2 is 1.82 bits per heavy atom. The Balaban J connectivity index is 1.63. The highest BCUT2D eigenvalue weighted by molar-refractivity contribution is 6.16. The van der Waals surface area contributed by atoms with Gasteiger partial charge >= 0.3 is 5.97 Å². The molecule has 1 aliphatic heterocycles. The highest BCUT2D eigenvalue weighted by Crippen LogP contribution is 2.63. The van der Waals surface area contributed by atoms with Gasteiger partial charge in [0.15, 0.2) is 23.1 Å². The van der Waals surface area contributed by atoms with Crippen molar-refractivity contribution in [3.8, 4) is 11.5 Å². The van der Waals surface area contributed by atoms with Gasteiger partial charge in [-0.3, -0.25) is 28.9 Å². The number of carbonyl (C=O) groups is 5. The van der Waals surface area contributed by atoms with Crippen LogP contribution in [-0.2, 0) is 24.0 Å². The lowest BCUT2D eigenvalue weighted by Crippen LogP contribution is -2.55. The predicted octanol–water partition coefficient (Wildman–Crippen LogP) is 3.80. The van der Waals surface area contributed by atoms with Gasteiger partial charge in [0.05, 0.1) is 23.9 Å². The van der Waals surface area contributed by atoms with E-state index in [-0.39, 0.29) is 60.7 Å². The maximum absolute atomic E-state index is 14.0. The Hall–Kier alpha value is -3.75. The second-order valence-corrected chi connectivity index (χ2v) is 11.6. The number of phenolic OH excluding ortho intramolecular Hbond substituents is 1. The Labute approximate surface area is 232 Å². The van der Waals surface area contributed by atoms with Crippen molar-refractivity contribution in [3.05, 3.63) is 46.6 Å². The van der Waals surface area contributed by atoms with Crippen LogP contribution in [0.2, 0.25) is 0 Å². The molecule has 1 saturated heterocycles. The molecule has 1 saturated carbocycles. The van der Waals surface area contributed by atoms with E-state index in [9.17, 15) is 29.1 Å². The number of nitrogens with zero attached hydrogens (tertiary/aromatic N) is 1. The number of ketones is 2. The first-order valence-corrected chi connectivity index (χ1v) is 13.9. The summed E-state index contributed by atoms with van der Waals surface area (Å²) < 4.78 is 5.65. The minimum Gasteiger partial charge on any atom is -0.504 e. The van der Waals surface area contributed by atoms with Gasteiger partial charge in [-0.25, -0.2) is 0 Å². The lowest BCUT2D eigenvalue weighted by Gasteiger charge is -2.54. The summed E-state index contributed by atoms with van der Waals surface area (Å²) in [7, 11) is 0. The van der Waals surface area contributed by atoms with Crippen molar-refractivity contribution in [1.29, 1.82) is 0 Å². The Morgan fingerprint density at radius 1 is 1.10 bits per heavy atom. The molecule has 1 aromatic rings. The summed E-state index contributed by atoms with van der Waals surface area (Å²) in [6.45, 7) is 7.34. The van der Waals surface area contributed by atoms with Gasteiger partial charge in [0, 0.05) is 24.8 Å². The molecule has 9 heteroatoms. The maximum atomic E-state index is 14.0. The molecule has 5 rings (SSSR count). The summed E-state index contributed by atoms with van der Waals surface area (Å²) in [5.74, 6) is -4.59. The lowest BCUT2D eigenvalue weighted by molar-refractivity contribution is -0.143. The smallest absolute Gasteiger partial charge is 0.303 e. The number of carboxylic acid groups (broad SMARTS) is 1. The lowest BCUT2D eigenvalue weighted by atomic mass is 9.46. The molecule has 0 unspecified atom stereocenters. The molecule has 1 aromatic carbocycles. The Bertz CT molecular complexity index is 1390. The van der Waals surface area contributed by atoms with Crippen LogP contribution in [-0.4, -0.2) is 57.6 Å². The summed E-state index contributed by atoms with van der Waals surface area (Å²) in [5, 5.41) is 19.4. The monoisotopic (exact) mass is 549 g/mol. The molecule has 40 heavy (non-hydrogen) atoms. The number of hydrogen-bond donors (Lipinski definition) is 2. The fourth-order valence-electron chi connectivity index (χ4n) is 7.61. The molecule has 0 aromatic heterocycles. The van der Waals surface area contributed by atoms with E-state index in [1.165, 1.54) is 11.0 Å². The summed E-state index contributed by atoms with van der Waals surface area (Å²) in [6, 6.07) is 4.96. The van der Waals surface area contributed by atoms with E-state index in [4.69, 9.17) is 9.84 Å². The number of likely N-dealkylation sites (tertiary alicyclic amines) is 1. The van der Waals surface area contributed by atoms with Crippen molar-refractivity contribution >= 4 is 29.4 Å². The maximum Gasteiger partial charge on any atom is 0.303 e. The molecule has 0 radical (unpaired) electrons. The van der Waals surface area contributed by atoms with E-state index in [0.29, 0.717) is 29.7 Å². The summed E-state index contributed by atoms with van der Waals surface area (Å²) in [4.78, 5) is 67.1. The molecule has 4 aliphatic rings. The number of ether oxygens (including phenoxy) is 1. The average Bonchev–Trinajstić information content (AvgIpc) is 3.16. The van der Waals surface area contributed by atoms with Crippen LogP contribution in [0.3, 0.4) is 0 Å². The van der Waals surface area contributed by atoms with Gasteiger partial charge in [-0.2, -0.15) is 0 Å². The highest BCUT2D eigenvalue weighted by Gasteiger charge is 2.63. The molecule has 1 heterocycles. The predicted molar refractivity (Wildman–Crippen MR) is 143 cm³/mol. The summed E-state index contributed by atoms with van der Waals surface area (Å²) in [5.41, 5.74) is 1.29. The molecule has 3 aliphatic carbocycles. The van der Waals surface area contributed by atoms with Gasteiger partial charge in [-0.05, 0) is 74.8 Å². The fourth-order valence-corrected chi connectivity index (χ4v) is 7.61. The zero-order valence-electron chi connectivity index (χ0n) is 23.2.